The molecule has 0 radical (unpaired) electrons. The van der Waals surface area contributed by atoms with Crippen LogP contribution in [0.3, 0.4) is 0 Å². The fraction of sp³-hybridized carbons (Fsp3) is 0.250. The molecule has 0 atom stereocenters. The first-order chi connectivity index (χ1) is 15.7. The molecule has 8 nitrogen and oxygen atoms in total. The van der Waals surface area contributed by atoms with Crippen molar-refractivity contribution in [3.8, 4) is 16.9 Å². The van der Waals surface area contributed by atoms with Crippen LogP contribution in [0, 0.1) is 30.9 Å². The average Bonchev–Trinajstić information content (AvgIpc) is 3.15. The van der Waals surface area contributed by atoms with Crippen molar-refractivity contribution in [1.82, 2.24) is 0 Å². The van der Waals surface area contributed by atoms with Crippen molar-refractivity contribution in [2.45, 2.75) is 27.7 Å². The number of nitro benzene ring substituents is 1. The summed E-state index contributed by atoms with van der Waals surface area (Å²) in [5, 5.41) is 15.9. The minimum absolute atomic E-state index is 0.0246. The van der Waals surface area contributed by atoms with Gasteiger partial charge in [0.1, 0.15) is 16.3 Å². The molecular formula is C24H24N2O6S. The number of benzene rings is 2. The van der Waals surface area contributed by atoms with E-state index in [1.54, 1.807) is 13.8 Å². The summed E-state index contributed by atoms with van der Waals surface area (Å²) in [6, 6.07) is 10.2. The first kappa shape index (κ1) is 23.9. The molecule has 3 aromatic rings. The Morgan fingerprint density at radius 1 is 1.06 bits per heavy atom. The predicted molar refractivity (Wildman–Crippen MR) is 127 cm³/mol. The van der Waals surface area contributed by atoms with Crippen molar-refractivity contribution in [1.29, 1.82) is 0 Å². The molecule has 0 unspecified atom stereocenters. The summed E-state index contributed by atoms with van der Waals surface area (Å²) in [7, 11) is 0. The fourth-order valence-corrected chi connectivity index (χ4v) is 4.37. The molecule has 3 rings (SSSR count). The Morgan fingerprint density at radius 2 is 1.82 bits per heavy atom. The standard InChI is InChI=1S/C24H24N2O6S/c1-5-31-24(28)22-19(18-8-6-14(2)10-15(18)3)13-33-23(22)25-21(27)12-32-17-7-9-20(26(29)30)16(4)11-17/h6-11,13H,5,12H2,1-4H3,(H,25,27). The number of hydrogen-bond acceptors (Lipinski definition) is 7. The third-order valence-corrected chi connectivity index (χ3v) is 5.83. The number of carbonyl (C=O) groups excluding carboxylic acids is 2. The van der Waals surface area contributed by atoms with Crippen LogP contribution in [0.1, 0.15) is 34.0 Å². The Hall–Kier alpha value is -3.72. The fourth-order valence-electron chi connectivity index (χ4n) is 3.40. The molecule has 0 fully saturated rings. The second kappa shape index (κ2) is 10.3. The van der Waals surface area contributed by atoms with Crippen molar-refractivity contribution in [2.75, 3.05) is 18.5 Å². The lowest BCUT2D eigenvalue weighted by atomic mass is 9.97. The molecule has 1 aromatic heterocycles. The number of hydrogen-bond donors (Lipinski definition) is 1. The van der Waals surface area contributed by atoms with Crippen molar-refractivity contribution < 1.29 is 24.0 Å². The van der Waals surface area contributed by atoms with Crippen LogP contribution in [-0.4, -0.2) is 30.0 Å². The zero-order chi connectivity index (χ0) is 24.1. The number of ether oxygens (including phenoxy) is 2. The molecule has 1 heterocycles. The second-order valence-electron chi connectivity index (χ2n) is 7.43. The summed E-state index contributed by atoms with van der Waals surface area (Å²) >= 11 is 1.23. The topological polar surface area (TPSA) is 108 Å². The van der Waals surface area contributed by atoms with Crippen LogP contribution in [-0.2, 0) is 9.53 Å². The number of nitrogens with one attached hydrogen (secondary N) is 1. The number of carbonyl (C=O) groups is 2. The summed E-state index contributed by atoms with van der Waals surface area (Å²) in [5.74, 6) is -0.650. The number of anilines is 1. The van der Waals surface area contributed by atoms with Gasteiger partial charge in [0.15, 0.2) is 6.61 Å². The number of esters is 1. The van der Waals surface area contributed by atoms with Gasteiger partial charge in [-0.2, -0.15) is 0 Å². The Balaban J connectivity index is 1.80. The van der Waals surface area contributed by atoms with E-state index in [2.05, 4.69) is 5.32 Å². The highest BCUT2D eigenvalue weighted by Gasteiger charge is 2.24. The van der Waals surface area contributed by atoms with Crippen LogP contribution in [0.2, 0.25) is 0 Å². The van der Waals surface area contributed by atoms with Gasteiger partial charge in [0.2, 0.25) is 0 Å². The van der Waals surface area contributed by atoms with Crippen LogP contribution >= 0.6 is 11.3 Å². The van der Waals surface area contributed by atoms with Crippen LogP contribution in [0.15, 0.2) is 41.8 Å². The van der Waals surface area contributed by atoms with E-state index >= 15 is 0 Å². The van der Waals surface area contributed by atoms with E-state index in [1.807, 2.05) is 37.4 Å². The molecule has 0 saturated carbocycles. The van der Waals surface area contributed by atoms with Gasteiger partial charge in [0.05, 0.1) is 11.5 Å². The highest BCUT2D eigenvalue weighted by molar-refractivity contribution is 7.15. The summed E-state index contributed by atoms with van der Waals surface area (Å²) in [6.07, 6.45) is 0. The van der Waals surface area contributed by atoms with Gasteiger partial charge in [0, 0.05) is 22.6 Å². The summed E-state index contributed by atoms with van der Waals surface area (Å²) < 4.78 is 10.7. The molecule has 0 aliphatic carbocycles. The highest BCUT2D eigenvalue weighted by atomic mass is 32.1. The molecule has 9 heteroatoms. The monoisotopic (exact) mass is 468 g/mol. The molecule has 0 saturated heterocycles. The minimum atomic E-state index is -0.518. The van der Waals surface area contributed by atoms with Crippen molar-refractivity contribution in [3.05, 3.63) is 74.1 Å². The maximum Gasteiger partial charge on any atom is 0.341 e. The van der Waals surface area contributed by atoms with Crippen molar-refractivity contribution in [2.24, 2.45) is 0 Å². The molecule has 1 amide bonds. The van der Waals surface area contributed by atoms with Gasteiger partial charge >= 0.3 is 5.97 Å². The van der Waals surface area contributed by atoms with Gasteiger partial charge in [-0.25, -0.2) is 4.79 Å². The average molecular weight is 469 g/mol. The van der Waals surface area contributed by atoms with E-state index in [4.69, 9.17) is 9.47 Å². The molecule has 0 bridgehead atoms. The number of nitrogens with zero attached hydrogens (tertiary/aromatic N) is 1. The van der Waals surface area contributed by atoms with E-state index < -0.39 is 16.8 Å². The predicted octanol–water partition coefficient (Wildman–Crippen LogP) is 5.44. The maximum absolute atomic E-state index is 12.7. The van der Waals surface area contributed by atoms with Crippen LogP contribution in [0.5, 0.6) is 5.75 Å². The maximum atomic E-state index is 12.7. The van der Waals surface area contributed by atoms with Gasteiger partial charge in [-0.1, -0.05) is 23.8 Å². The lowest BCUT2D eigenvalue weighted by Crippen LogP contribution is -2.21. The number of nitro groups is 1. The summed E-state index contributed by atoms with van der Waals surface area (Å²) in [6.45, 7) is 7.16. The highest BCUT2D eigenvalue weighted by Crippen LogP contribution is 2.38. The van der Waals surface area contributed by atoms with Crippen molar-refractivity contribution >= 4 is 33.9 Å². The number of amides is 1. The first-order valence-corrected chi connectivity index (χ1v) is 11.1. The molecular weight excluding hydrogens is 444 g/mol. The Kier molecular flexibility index (Phi) is 7.44. The van der Waals surface area contributed by atoms with Crippen LogP contribution in [0.4, 0.5) is 10.7 Å². The second-order valence-corrected chi connectivity index (χ2v) is 8.31. The first-order valence-electron chi connectivity index (χ1n) is 10.2. The Bertz CT molecular complexity index is 1220. The minimum Gasteiger partial charge on any atom is -0.484 e. The summed E-state index contributed by atoms with van der Waals surface area (Å²) in [4.78, 5) is 35.7. The third kappa shape index (κ3) is 5.56. The van der Waals surface area contributed by atoms with E-state index in [1.165, 1.54) is 29.5 Å². The molecule has 33 heavy (non-hydrogen) atoms. The van der Waals surface area contributed by atoms with Crippen LogP contribution in [0.25, 0.3) is 11.1 Å². The molecule has 0 aliphatic rings. The van der Waals surface area contributed by atoms with Gasteiger partial charge in [-0.15, -0.1) is 11.3 Å². The Morgan fingerprint density at radius 3 is 2.45 bits per heavy atom. The smallest absolute Gasteiger partial charge is 0.341 e. The molecule has 0 aliphatic heterocycles. The molecule has 1 N–H and O–H groups in total. The molecule has 0 spiro atoms. The Labute approximate surface area is 195 Å². The normalized spacial score (nSPS) is 10.5. The number of aryl methyl sites for hydroxylation is 3. The van der Waals surface area contributed by atoms with Crippen molar-refractivity contribution in [3.63, 3.8) is 0 Å². The van der Waals surface area contributed by atoms with E-state index in [0.717, 1.165) is 16.7 Å². The van der Waals surface area contributed by atoms with Gasteiger partial charge in [-0.3, -0.25) is 14.9 Å². The van der Waals surface area contributed by atoms with Crippen LogP contribution < -0.4 is 10.1 Å². The zero-order valence-corrected chi connectivity index (χ0v) is 19.6. The quantitative estimate of drug-likeness (QED) is 0.268. The van der Waals surface area contributed by atoms with E-state index in [-0.39, 0.29) is 18.9 Å². The summed E-state index contributed by atoms with van der Waals surface area (Å²) in [5.41, 5.74) is 4.40. The zero-order valence-electron chi connectivity index (χ0n) is 18.8. The van der Waals surface area contributed by atoms with Gasteiger partial charge < -0.3 is 14.8 Å². The SMILES string of the molecule is CCOC(=O)c1c(-c2ccc(C)cc2C)csc1NC(=O)COc1ccc([N+](=O)[O-])c(C)c1. The largest absolute Gasteiger partial charge is 0.484 e. The lowest BCUT2D eigenvalue weighted by molar-refractivity contribution is -0.385. The third-order valence-electron chi connectivity index (χ3n) is 4.93. The van der Waals surface area contributed by atoms with E-state index in [0.29, 0.717) is 27.4 Å². The van der Waals surface area contributed by atoms with Gasteiger partial charge in [-0.05, 0) is 51.0 Å². The molecule has 2 aromatic carbocycles. The van der Waals surface area contributed by atoms with E-state index in [9.17, 15) is 19.7 Å². The number of thiophene rings is 1. The molecule has 172 valence electrons. The lowest BCUT2D eigenvalue weighted by Gasteiger charge is -2.11. The van der Waals surface area contributed by atoms with Gasteiger partial charge in [0.25, 0.3) is 11.6 Å². The number of rotatable bonds is 8.